The summed E-state index contributed by atoms with van der Waals surface area (Å²) in [6.07, 6.45) is 0.350. The number of nitrogens with one attached hydrogen (secondary N) is 1. The van der Waals surface area contributed by atoms with Gasteiger partial charge in [-0.25, -0.2) is 4.68 Å². The van der Waals surface area contributed by atoms with E-state index in [2.05, 4.69) is 33.5 Å². The molecule has 8 nitrogen and oxygen atoms in total. The molecular weight excluding hydrogens is 322 g/mol. The van der Waals surface area contributed by atoms with E-state index in [0.29, 0.717) is 18.1 Å². The van der Waals surface area contributed by atoms with Crippen molar-refractivity contribution in [3.63, 3.8) is 0 Å². The number of nitro groups is 1. The molecule has 0 bridgehead atoms. The van der Waals surface area contributed by atoms with Gasteiger partial charge in [-0.15, -0.1) is 0 Å². The van der Waals surface area contributed by atoms with E-state index in [-0.39, 0.29) is 12.2 Å². The number of β-amino-alcohol motifs (C(OH)–C–C–N with tert-alkyl or cyclic N) is 1. The van der Waals surface area contributed by atoms with Gasteiger partial charge in [0.2, 0.25) is 5.82 Å². The third-order valence-electron chi connectivity index (χ3n) is 4.56. The predicted octanol–water partition coefficient (Wildman–Crippen LogP) is 1.47. The number of aliphatic hydroxyl groups excluding tert-OH is 1. The smallest absolute Gasteiger partial charge is 0.333 e. The minimum absolute atomic E-state index is 0.0402. The van der Waals surface area contributed by atoms with Crippen molar-refractivity contribution in [1.82, 2.24) is 14.7 Å². The number of aliphatic hydroxyl groups is 1. The molecule has 25 heavy (non-hydrogen) atoms. The standard InChI is InChI=1S/C17H23N5O3/c1-12-16(22(24)25)17(20(2)19-12)18-9-15(23)11-21-8-7-13-5-3-4-6-14(13)10-21/h3-6,15,18,23H,7-11H2,1-2H3. The molecule has 8 heteroatoms. The minimum Gasteiger partial charge on any atom is -0.390 e. The van der Waals surface area contributed by atoms with Crippen LogP contribution in [-0.2, 0) is 20.0 Å². The highest BCUT2D eigenvalue weighted by atomic mass is 16.6. The van der Waals surface area contributed by atoms with Crippen LogP contribution in [0, 0.1) is 17.0 Å². The van der Waals surface area contributed by atoms with Crippen LogP contribution in [0.3, 0.4) is 0 Å². The van der Waals surface area contributed by atoms with Crippen LogP contribution in [0.2, 0.25) is 0 Å². The lowest BCUT2D eigenvalue weighted by Gasteiger charge is -2.30. The van der Waals surface area contributed by atoms with Crippen LogP contribution in [0.4, 0.5) is 11.5 Å². The van der Waals surface area contributed by atoms with Crippen LogP contribution < -0.4 is 5.32 Å². The number of benzene rings is 1. The van der Waals surface area contributed by atoms with Crippen LogP contribution in [0.5, 0.6) is 0 Å². The second-order valence-electron chi connectivity index (χ2n) is 6.45. The first-order valence-electron chi connectivity index (χ1n) is 8.34. The Balaban J connectivity index is 1.58. The van der Waals surface area contributed by atoms with Crippen LogP contribution in [0.1, 0.15) is 16.8 Å². The molecule has 1 atom stereocenters. The number of aryl methyl sites for hydroxylation is 2. The first-order chi connectivity index (χ1) is 12.0. The van der Waals surface area contributed by atoms with Crippen molar-refractivity contribution in [2.45, 2.75) is 26.0 Å². The molecule has 2 aromatic rings. The number of rotatable bonds is 6. The zero-order valence-electron chi connectivity index (χ0n) is 14.5. The van der Waals surface area contributed by atoms with Crippen molar-refractivity contribution in [3.8, 4) is 0 Å². The summed E-state index contributed by atoms with van der Waals surface area (Å²) in [7, 11) is 1.65. The molecule has 1 aliphatic heterocycles. The Kier molecular flexibility index (Phi) is 5.00. The average molecular weight is 345 g/mol. The summed E-state index contributed by atoms with van der Waals surface area (Å²) in [4.78, 5) is 12.9. The van der Waals surface area contributed by atoms with E-state index >= 15 is 0 Å². The highest BCUT2D eigenvalue weighted by molar-refractivity contribution is 5.59. The SMILES string of the molecule is Cc1nn(C)c(NCC(O)CN2CCc3ccccc3C2)c1[N+](=O)[O-]. The van der Waals surface area contributed by atoms with E-state index in [4.69, 9.17) is 0 Å². The maximum Gasteiger partial charge on any atom is 0.333 e. The van der Waals surface area contributed by atoms with Gasteiger partial charge in [0, 0.05) is 33.2 Å². The van der Waals surface area contributed by atoms with Gasteiger partial charge < -0.3 is 10.4 Å². The lowest BCUT2D eigenvalue weighted by molar-refractivity contribution is -0.384. The quantitative estimate of drug-likeness (QED) is 0.608. The molecule has 0 spiro atoms. The van der Waals surface area contributed by atoms with E-state index in [0.717, 1.165) is 19.5 Å². The van der Waals surface area contributed by atoms with Gasteiger partial charge >= 0.3 is 5.69 Å². The van der Waals surface area contributed by atoms with Crippen molar-refractivity contribution in [1.29, 1.82) is 0 Å². The fourth-order valence-electron chi connectivity index (χ4n) is 3.35. The van der Waals surface area contributed by atoms with E-state index in [1.54, 1.807) is 14.0 Å². The fourth-order valence-corrected chi connectivity index (χ4v) is 3.35. The third-order valence-corrected chi connectivity index (χ3v) is 4.56. The maximum atomic E-state index is 11.2. The highest BCUT2D eigenvalue weighted by Crippen LogP contribution is 2.27. The average Bonchev–Trinajstić information content (AvgIpc) is 2.86. The van der Waals surface area contributed by atoms with Gasteiger partial charge in [-0.05, 0) is 24.5 Å². The molecule has 0 amide bonds. The van der Waals surface area contributed by atoms with Gasteiger partial charge in [-0.3, -0.25) is 15.0 Å². The topological polar surface area (TPSA) is 96.5 Å². The van der Waals surface area contributed by atoms with Crippen LogP contribution >= 0.6 is 0 Å². The fraction of sp³-hybridized carbons (Fsp3) is 0.471. The summed E-state index contributed by atoms with van der Waals surface area (Å²) < 4.78 is 1.44. The molecule has 0 saturated heterocycles. The molecule has 1 aromatic heterocycles. The molecule has 2 heterocycles. The predicted molar refractivity (Wildman–Crippen MR) is 94.5 cm³/mol. The summed E-state index contributed by atoms with van der Waals surface area (Å²) in [6, 6.07) is 8.35. The lowest BCUT2D eigenvalue weighted by atomic mass is 10.00. The molecule has 134 valence electrons. The van der Waals surface area contributed by atoms with Gasteiger partial charge in [0.15, 0.2) is 0 Å². The normalized spacial score (nSPS) is 15.6. The number of aromatic nitrogens is 2. The zero-order chi connectivity index (χ0) is 18.0. The van der Waals surface area contributed by atoms with Crippen molar-refractivity contribution in [2.24, 2.45) is 7.05 Å². The monoisotopic (exact) mass is 345 g/mol. The van der Waals surface area contributed by atoms with Crippen LogP contribution in [0.25, 0.3) is 0 Å². The molecule has 3 rings (SSSR count). The molecule has 1 unspecified atom stereocenters. The van der Waals surface area contributed by atoms with Gasteiger partial charge in [0.25, 0.3) is 0 Å². The van der Waals surface area contributed by atoms with Crippen molar-refractivity contribution in [2.75, 3.05) is 25.0 Å². The first-order valence-corrected chi connectivity index (χ1v) is 8.34. The molecule has 0 radical (unpaired) electrons. The van der Waals surface area contributed by atoms with E-state index in [9.17, 15) is 15.2 Å². The Bertz CT molecular complexity index is 774. The minimum atomic E-state index is -0.625. The van der Waals surface area contributed by atoms with Gasteiger partial charge in [-0.1, -0.05) is 24.3 Å². The van der Waals surface area contributed by atoms with Crippen molar-refractivity contribution < 1.29 is 10.0 Å². The Hall–Kier alpha value is -2.45. The zero-order valence-corrected chi connectivity index (χ0v) is 14.5. The van der Waals surface area contributed by atoms with Gasteiger partial charge in [0.1, 0.15) is 5.69 Å². The Labute approximate surface area is 146 Å². The number of anilines is 1. The molecule has 1 aliphatic rings. The van der Waals surface area contributed by atoms with Gasteiger partial charge in [0.05, 0.1) is 11.0 Å². The third kappa shape index (κ3) is 3.80. The Morgan fingerprint density at radius 1 is 1.40 bits per heavy atom. The summed E-state index contributed by atoms with van der Waals surface area (Å²) in [5, 5.41) is 28.6. The Morgan fingerprint density at radius 2 is 2.12 bits per heavy atom. The summed E-state index contributed by atoms with van der Waals surface area (Å²) in [6.45, 7) is 4.08. The Morgan fingerprint density at radius 3 is 2.84 bits per heavy atom. The molecule has 0 saturated carbocycles. The number of hydrogen-bond acceptors (Lipinski definition) is 6. The second kappa shape index (κ2) is 7.20. The van der Waals surface area contributed by atoms with E-state index in [1.807, 2.05) is 6.07 Å². The maximum absolute atomic E-state index is 11.2. The van der Waals surface area contributed by atoms with E-state index < -0.39 is 11.0 Å². The van der Waals surface area contributed by atoms with Crippen LogP contribution in [0.15, 0.2) is 24.3 Å². The molecule has 0 aliphatic carbocycles. The largest absolute Gasteiger partial charge is 0.390 e. The highest BCUT2D eigenvalue weighted by Gasteiger charge is 2.25. The summed E-state index contributed by atoms with van der Waals surface area (Å²) in [5.74, 6) is 0.325. The molecule has 2 N–H and O–H groups in total. The van der Waals surface area contributed by atoms with Gasteiger partial charge in [-0.2, -0.15) is 5.10 Å². The van der Waals surface area contributed by atoms with E-state index in [1.165, 1.54) is 15.8 Å². The van der Waals surface area contributed by atoms with Crippen molar-refractivity contribution >= 4 is 11.5 Å². The summed E-state index contributed by atoms with van der Waals surface area (Å²) >= 11 is 0. The summed E-state index contributed by atoms with van der Waals surface area (Å²) in [5.41, 5.74) is 2.98. The number of fused-ring (bicyclic) bond motifs is 1. The molecule has 0 fully saturated rings. The number of hydrogen-bond donors (Lipinski definition) is 2. The lowest BCUT2D eigenvalue weighted by Crippen LogP contribution is -2.39. The molecular formula is C17H23N5O3. The molecule has 1 aromatic carbocycles. The first kappa shape index (κ1) is 17.4. The van der Waals surface area contributed by atoms with Crippen molar-refractivity contribution in [3.05, 3.63) is 51.2 Å². The second-order valence-corrected chi connectivity index (χ2v) is 6.45. The van der Waals surface area contributed by atoms with Crippen LogP contribution in [-0.4, -0.2) is 50.4 Å². The number of nitrogens with zero attached hydrogens (tertiary/aromatic N) is 4.